The summed E-state index contributed by atoms with van der Waals surface area (Å²) in [5.74, 6) is -1.83. The van der Waals surface area contributed by atoms with Crippen molar-refractivity contribution in [1.82, 2.24) is 4.98 Å². The molecule has 104 valence electrons. The third-order valence-corrected chi connectivity index (χ3v) is 2.65. The molecule has 0 bridgehead atoms. The van der Waals surface area contributed by atoms with Crippen molar-refractivity contribution in [3.8, 4) is 0 Å². The number of pyridine rings is 1. The topological polar surface area (TPSA) is 51.2 Å². The van der Waals surface area contributed by atoms with Crippen molar-refractivity contribution in [2.75, 3.05) is 12.4 Å². The van der Waals surface area contributed by atoms with E-state index in [4.69, 9.17) is 0 Å². The summed E-state index contributed by atoms with van der Waals surface area (Å²) in [6.45, 7) is 0.138. The van der Waals surface area contributed by atoms with Gasteiger partial charge in [-0.1, -0.05) is 6.07 Å². The van der Waals surface area contributed by atoms with E-state index in [9.17, 15) is 13.6 Å². The number of aromatic nitrogens is 1. The zero-order chi connectivity index (χ0) is 14.5. The summed E-state index contributed by atoms with van der Waals surface area (Å²) >= 11 is 0. The van der Waals surface area contributed by atoms with E-state index in [-0.39, 0.29) is 12.2 Å². The molecule has 0 fully saturated rings. The van der Waals surface area contributed by atoms with E-state index in [0.717, 1.165) is 0 Å². The van der Waals surface area contributed by atoms with Crippen LogP contribution < -0.4 is 5.32 Å². The van der Waals surface area contributed by atoms with Gasteiger partial charge in [-0.15, -0.1) is 0 Å². The number of hydrogen-bond acceptors (Lipinski definition) is 4. The number of nitrogens with one attached hydrogen (secondary N) is 1. The minimum atomic E-state index is -0.670. The Kier molecular flexibility index (Phi) is 4.24. The van der Waals surface area contributed by atoms with Crippen LogP contribution in [-0.4, -0.2) is 18.1 Å². The lowest BCUT2D eigenvalue weighted by atomic mass is 10.2. The molecule has 0 aliphatic rings. The molecule has 2 aromatic rings. The average Bonchev–Trinajstić information content (AvgIpc) is 2.46. The average molecular weight is 278 g/mol. The van der Waals surface area contributed by atoms with Crippen molar-refractivity contribution in [2.24, 2.45) is 0 Å². The van der Waals surface area contributed by atoms with Crippen LogP contribution in [0, 0.1) is 11.6 Å². The van der Waals surface area contributed by atoms with E-state index >= 15 is 0 Å². The third-order valence-electron chi connectivity index (χ3n) is 2.65. The monoisotopic (exact) mass is 278 g/mol. The summed E-state index contributed by atoms with van der Waals surface area (Å²) < 4.78 is 31.3. The van der Waals surface area contributed by atoms with E-state index in [0.29, 0.717) is 11.3 Å². The molecular formula is C14H12F2N2O2. The molecule has 0 amide bonds. The maximum atomic E-state index is 13.4. The number of methoxy groups -OCH3 is 1. The predicted molar refractivity (Wildman–Crippen MR) is 69.3 cm³/mol. The first-order valence-electron chi connectivity index (χ1n) is 5.83. The van der Waals surface area contributed by atoms with Crippen LogP contribution in [0.25, 0.3) is 0 Å². The van der Waals surface area contributed by atoms with Crippen molar-refractivity contribution in [3.63, 3.8) is 0 Å². The lowest BCUT2D eigenvalue weighted by Crippen LogP contribution is -2.07. The normalized spacial score (nSPS) is 10.2. The number of hydrogen-bond donors (Lipinski definition) is 1. The number of nitrogens with zero attached hydrogens (tertiary/aromatic N) is 1. The number of benzene rings is 1. The summed E-state index contributed by atoms with van der Waals surface area (Å²) in [6, 6.07) is 6.74. The Balaban J connectivity index is 2.06. The lowest BCUT2D eigenvalue weighted by Gasteiger charge is -2.08. The van der Waals surface area contributed by atoms with Gasteiger partial charge in [0.05, 0.1) is 24.9 Å². The number of para-hydroxylation sites is 1. The molecule has 0 saturated carbocycles. The molecular weight excluding hydrogens is 266 g/mol. The summed E-state index contributed by atoms with van der Waals surface area (Å²) in [6.07, 6.45) is 1.35. The number of halogens is 2. The van der Waals surface area contributed by atoms with Crippen LogP contribution in [0.4, 0.5) is 14.5 Å². The SMILES string of the molecule is COC(=O)c1ccc(CNc2c(F)cccc2F)nc1. The smallest absolute Gasteiger partial charge is 0.339 e. The number of rotatable bonds is 4. The standard InChI is InChI=1S/C14H12F2N2O2/c1-20-14(19)9-5-6-10(17-7-9)8-18-13-11(15)3-2-4-12(13)16/h2-7,18H,8H2,1H3. The molecule has 0 radical (unpaired) electrons. The fourth-order valence-electron chi connectivity index (χ4n) is 1.61. The minimum absolute atomic E-state index is 0.138. The fourth-order valence-corrected chi connectivity index (χ4v) is 1.61. The van der Waals surface area contributed by atoms with Crippen LogP contribution in [0.2, 0.25) is 0 Å². The summed E-state index contributed by atoms with van der Waals surface area (Å²) in [5.41, 5.74) is 0.653. The van der Waals surface area contributed by atoms with Gasteiger partial charge in [-0.05, 0) is 24.3 Å². The first-order valence-corrected chi connectivity index (χ1v) is 5.83. The van der Waals surface area contributed by atoms with Crippen molar-refractivity contribution in [1.29, 1.82) is 0 Å². The predicted octanol–water partition coefficient (Wildman–Crippen LogP) is 2.76. The van der Waals surface area contributed by atoms with Crippen molar-refractivity contribution >= 4 is 11.7 Å². The van der Waals surface area contributed by atoms with E-state index in [1.54, 1.807) is 6.07 Å². The van der Waals surface area contributed by atoms with Crippen LogP contribution in [0.1, 0.15) is 16.1 Å². The van der Waals surface area contributed by atoms with Gasteiger partial charge < -0.3 is 10.1 Å². The van der Waals surface area contributed by atoms with E-state index < -0.39 is 17.6 Å². The van der Waals surface area contributed by atoms with Gasteiger partial charge in [0.2, 0.25) is 0 Å². The Morgan fingerprint density at radius 1 is 1.25 bits per heavy atom. The quantitative estimate of drug-likeness (QED) is 0.874. The Morgan fingerprint density at radius 3 is 2.50 bits per heavy atom. The fraction of sp³-hybridized carbons (Fsp3) is 0.143. The highest BCUT2D eigenvalue weighted by Crippen LogP contribution is 2.18. The number of carbonyl (C=O) groups is 1. The van der Waals surface area contributed by atoms with Crippen LogP contribution in [0.5, 0.6) is 0 Å². The molecule has 1 aromatic heterocycles. The van der Waals surface area contributed by atoms with Gasteiger partial charge in [0, 0.05) is 6.20 Å². The Hall–Kier alpha value is -2.50. The van der Waals surface area contributed by atoms with Crippen molar-refractivity contribution < 1.29 is 18.3 Å². The van der Waals surface area contributed by atoms with Crippen molar-refractivity contribution in [2.45, 2.75) is 6.54 Å². The molecule has 0 atom stereocenters. The van der Waals surface area contributed by atoms with Gasteiger partial charge in [0.25, 0.3) is 0 Å². The number of esters is 1. The molecule has 0 saturated heterocycles. The zero-order valence-electron chi connectivity index (χ0n) is 10.7. The molecule has 4 nitrogen and oxygen atoms in total. The highest BCUT2D eigenvalue weighted by molar-refractivity contribution is 5.88. The summed E-state index contributed by atoms with van der Waals surface area (Å²) in [5, 5.41) is 2.63. The van der Waals surface area contributed by atoms with Crippen LogP contribution in [0.15, 0.2) is 36.5 Å². The maximum absolute atomic E-state index is 13.4. The maximum Gasteiger partial charge on any atom is 0.339 e. The number of ether oxygens (including phenoxy) is 1. The second kappa shape index (κ2) is 6.10. The van der Waals surface area contributed by atoms with E-state index in [2.05, 4.69) is 15.0 Å². The van der Waals surface area contributed by atoms with E-state index in [1.165, 1.54) is 37.6 Å². The Labute approximate surface area is 114 Å². The van der Waals surface area contributed by atoms with E-state index in [1.807, 2.05) is 0 Å². The number of carbonyl (C=O) groups excluding carboxylic acids is 1. The first kappa shape index (κ1) is 13.9. The molecule has 1 N–H and O–H groups in total. The molecule has 0 aliphatic heterocycles. The van der Waals surface area contributed by atoms with Crippen LogP contribution in [-0.2, 0) is 11.3 Å². The second-order valence-electron chi connectivity index (χ2n) is 3.98. The van der Waals surface area contributed by atoms with Gasteiger partial charge in [0.15, 0.2) is 0 Å². The second-order valence-corrected chi connectivity index (χ2v) is 3.98. The molecule has 20 heavy (non-hydrogen) atoms. The molecule has 0 aliphatic carbocycles. The molecule has 6 heteroatoms. The molecule has 0 spiro atoms. The lowest BCUT2D eigenvalue weighted by molar-refractivity contribution is 0.0600. The summed E-state index contributed by atoms with van der Waals surface area (Å²) in [4.78, 5) is 15.2. The largest absolute Gasteiger partial charge is 0.465 e. The van der Waals surface area contributed by atoms with Crippen LogP contribution in [0.3, 0.4) is 0 Å². The molecule has 1 aromatic carbocycles. The molecule has 1 heterocycles. The Bertz CT molecular complexity index is 595. The van der Waals surface area contributed by atoms with Gasteiger partial charge in [-0.2, -0.15) is 0 Å². The third kappa shape index (κ3) is 3.09. The van der Waals surface area contributed by atoms with Gasteiger partial charge >= 0.3 is 5.97 Å². The van der Waals surface area contributed by atoms with Gasteiger partial charge in [-0.3, -0.25) is 4.98 Å². The highest BCUT2D eigenvalue weighted by atomic mass is 19.1. The van der Waals surface area contributed by atoms with Gasteiger partial charge in [0.1, 0.15) is 17.3 Å². The van der Waals surface area contributed by atoms with Gasteiger partial charge in [-0.25, -0.2) is 13.6 Å². The summed E-state index contributed by atoms with van der Waals surface area (Å²) in [7, 11) is 1.28. The molecule has 2 rings (SSSR count). The minimum Gasteiger partial charge on any atom is -0.465 e. The first-order chi connectivity index (χ1) is 9.61. The highest BCUT2D eigenvalue weighted by Gasteiger charge is 2.09. The zero-order valence-corrected chi connectivity index (χ0v) is 10.7. The Morgan fingerprint density at radius 2 is 1.95 bits per heavy atom. The van der Waals surface area contributed by atoms with Crippen LogP contribution >= 0.6 is 0 Å². The molecule has 0 unspecified atom stereocenters. The number of anilines is 1. The van der Waals surface area contributed by atoms with Crippen molar-refractivity contribution in [3.05, 3.63) is 59.4 Å².